The second kappa shape index (κ2) is 7.29. The second-order valence-corrected chi connectivity index (χ2v) is 10.1. The van der Waals surface area contributed by atoms with E-state index >= 15 is 0 Å². The average molecular weight is 406 g/mol. The van der Waals surface area contributed by atoms with Crippen molar-refractivity contribution in [3.05, 3.63) is 41.0 Å². The molecule has 0 amide bonds. The molecule has 30 heavy (non-hydrogen) atoms. The number of hydrogen-bond donors (Lipinski definition) is 0. The number of nitrogens with zero attached hydrogens (tertiary/aromatic N) is 7. The molecule has 3 aromatic heterocycles. The zero-order valence-electron chi connectivity index (χ0n) is 18.5. The smallest absolute Gasteiger partial charge is 0.177 e. The van der Waals surface area contributed by atoms with Gasteiger partial charge in [-0.05, 0) is 61.8 Å². The molecule has 158 valence electrons. The third-order valence-corrected chi connectivity index (χ3v) is 6.63. The Morgan fingerprint density at radius 2 is 1.77 bits per heavy atom. The standard InChI is InChI=1S/C23H31N7/c1-15-5-6-18-17(13-15)14-21(26-24-18)29-11-9-16(10-12-29)22-27-25-20-8-7-19(23(2,3)4)28-30(20)22/h7-8,14-16H,5-6,9-13H2,1-4H3. The molecular weight excluding hydrogens is 374 g/mol. The van der Waals surface area contributed by atoms with E-state index in [2.05, 4.69) is 65.1 Å². The van der Waals surface area contributed by atoms with Crippen molar-refractivity contribution in [3.8, 4) is 0 Å². The molecular formula is C23H31N7. The maximum absolute atomic E-state index is 4.87. The van der Waals surface area contributed by atoms with Gasteiger partial charge >= 0.3 is 0 Å². The lowest BCUT2D eigenvalue weighted by molar-refractivity contribution is 0.466. The summed E-state index contributed by atoms with van der Waals surface area (Å²) in [5, 5.41) is 22.8. The minimum absolute atomic E-state index is 0.00170. The Balaban J connectivity index is 1.33. The van der Waals surface area contributed by atoms with E-state index in [1.165, 1.54) is 17.7 Å². The van der Waals surface area contributed by atoms with Gasteiger partial charge in [0.1, 0.15) is 0 Å². The van der Waals surface area contributed by atoms with Gasteiger partial charge in [-0.15, -0.1) is 15.3 Å². The third kappa shape index (κ3) is 3.55. The molecule has 1 atom stereocenters. The van der Waals surface area contributed by atoms with E-state index in [0.29, 0.717) is 5.92 Å². The minimum atomic E-state index is 0.00170. The van der Waals surface area contributed by atoms with Gasteiger partial charge in [0.25, 0.3) is 0 Å². The molecule has 1 fully saturated rings. The molecule has 0 radical (unpaired) electrons. The Kier molecular flexibility index (Phi) is 4.71. The highest BCUT2D eigenvalue weighted by Gasteiger charge is 2.27. The maximum atomic E-state index is 4.87. The van der Waals surface area contributed by atoms with Crippen LogP contribution in [0.5, 0.6) is 0 Å². The average Bonchev–Trinajstić information content (AvgIpc) is 3.16. The van der Waals surface area contributed by atoms with E-state index in [0.717, 1.165) is 67.7 Å². The number of aromatic nitrogens is 6. The molecule has 1 aliphatic heterocycles. The van der Waals surface area contributed by atoms with Crippen LogP contribution < -0.4 is 4.90 Å². The Morgan fingerprint density at radius 3 is 2.53 bits per heavy atom. The van der Waals surface area contributed by atoms with Crippen LogP contribution in [0.2, 0.25) is 0 Å². The van der Waals surface area contributed by atoms with Gasteiger partial charge in [0.05, 0.1) is 11.4 Å². The Labute approximate surface area is 177 Å². The summed E-state index contributed by atoms with van der Waals surface area (Å²) in [4.78, 5) is 2.38. The van der Waals surface area contributed by atoms with E-state index in [-0.39, 0.29) is 5.41 Å². The lowest BCUT2D eigenvalue weighted by atomic mass is 9.88. The highest BCUT2D eigenvalue weighted by molar-refractivity contribution is 5.43. The highest BCUT2D eigenvalue weighted by Crippen LogP contribution is 2.31. The van der Waals surface area contributed by atoms with E-state index in [9.17, 15) is 0 Å². The number of fused-ring (bicyclic) bond motifs is 2. The van der Waals surface area contributed by atoms with Crippen LogP contribution in [0.15, 0.2) is 18.2 Å². The molecule has 1 aliphatic carbocycles. The monoisotopic (exact) mass is 405 g/mol. The van der Waals surface area contributed by atoms with Crippen LogP contribution in [0.1, 0.15) is 75.7 Å². The summed E-state index contributed by atoms with van der Waals surface area (Å²) in [5.41, 5.74) is 4.48. The molecule has 3 aromatic rings. The van der Waals surface area contributed by atoms with E-state index < -0.39 is 0 Å². The van der Waals surface area contributed by atoms with E-state index in [4.69, 9.17) is 5.10 Å². The molecule has 7 heteroatoms. The third-order valence-electron chi connectivity index (χ3n) is 6.63. The first kappa shape index (κ1) is 19.4. The van der Waals surface area contributed by atoms with Gasteiger partial charge in [-0.3, -0.25) is 0 Å². The quantitative estimate of drug-likeness (QED) is 0.647. The topological polar surface area (TPSA) is 72.1 Å². The van der Waals surface area contributed by atoms with Gasteiger partial charge in [-0.1, -0.05) is 27.7 Å². The first-order chi connectivity index (χ1) is 14.4. The normalized spacial score (nSPS) is 20.5. The lowest BCUT2D eigenvalue weighted by Gasteiger charge is -2.32. The van der Waals surface area contributed by atoms with E-state index in [1.54, 1.807) is 0 Å². The number of aryl methyl sites for hydroxylation is 1. The van der Waals surface area contributed by atoms with Crippen molar-refractivity contribution in [2.24, 2.45) is 5.92 Å². The fourth-order valence-electron chi connectivity index (χ4n) is 4.67. The van der Waals surface area contributed by atoms with Crippen molar-refractivity contribution in [3.63, 3.8) is 0 Å². The summed E-state index contributed by atoms with van der Waals surface area (Å²) < 4.78 is 1.96. The first-order valence-electron chi connectivity index (χ1n) is 11.2. The number of rotatable bonds is 2. The second-order valence-electron chi connectivity index (χ2n) is 10.1. The largest absolute Gasteiger partial charge is 0.355 e. The van der Waals surface area contributed by atoms with Gasteiger partial charge in [-0.2, -0.15) is 14.7 Å². The zero-order chi connectivity index (χ0) is 20.9. The van der Waals surface area contributed by atoms with Gasteiger partial charge in [-0.25, -0.2) is 0 Å². The van der Waals surface area contributed by atoms with Crippen LogP contribution in [0.3, 0.4) is 0 Å². The van der Waals surface area contributed by atoms with Crippen LogP contribution in [0.25, 0.3) is 5.65 Å². The summed E-state index contributed by atoms with van der Waals surface area (Å²) in [6, 6.07) is 6.37. The summed E-state index contributed by atoms with van der Waals surface area (Å²) in [7, 11) is 0. The minimum Gasteiger partial charge on any atom is -0.355 e. The molecule has 5 rings (SSSR count). The SMILES string of the molecule is CC1CCc2nnc(N3CCC(c4nnc5ccc(C(C)(C)C)nn45)CC3)cc2C1. The van der Waals surface area contributed by atoms with Crippen LogP contribution in [-0.4, -0.2) is 43.1 Å². The lowest BCUT2D eigenvalue weighted by Crippen LogP contribution is -2.34. The maximum Gasteiger partial charge on any atom is 0.177 e. The van der Waals surface area contributed by atoms with Gasteiger partial charge in [0.2, 0.25) is 0 Å². The predicted molar refractivity (Wildman–Crippen MR) is 117 cm³/mol. The van der Waals surface area contributed by atoms with Crippen LogP contribution in [-0.2, 0) is 18.3 Å². The van der Waals surface area contributed by atoms with Crippen molar-refractivity contribution in [1.82, 2.24) is 30.0 Å². The molecule has 0 spiro atoms. The molecule has 4 heterocycles. The predicted octanol–water partition coefficient (Wildman–Crippen LogP) is 3.72. The van der Waals surface area contributed by atoms with Gasteiger partial charge in [0, 0.05) is 24.4 Å². The summed E-state index contributed by atoms with van der Waals surface area (Å²) >= 11 is 0. The van der Waals surface area contributed by atoms with Crippen LogP contribution >= 0.6 is 0 Å². The van der Waals surface area contributed by atoms with Crippen molar-refractivity contribution in [1.29, 1.82) is 0 Å². The Morgan fingerprint density at radius 1 is 0.967 bits per heavy atom. The molecule has 1 saturated heterocycles. The van der Waals surface area contributed by atoms with Gasteiger partial charge in [0.15, 0.2) is 17.3 Å². The summed E-state index contributed by atoms with van der Waals surface area (Å²) in [6.45, 7) is 10.8. The molecule has 0 saturated carbocycles. The number of hydrogen-bond acceptors (Lipinski definition) is 6. The van der Waals surface area contributed by atoms with Crippen molar-refractivity contribution in [2.45, 2.75) is 71.1 Å². The molecule has 2 aliphatic rings. The Bertz CT molecular complexity index is 1060. The van der Waals surface area contributed by atoms with E-state index in [1.807, 2.05) is 10.6 Å². The fourth-order valence-corrected chi connectivity index (χ4v) is 4.67. The number of piperidine rings is 1. The summed E-state index contributed by atoms with van der Waals surface area (Å²) in [5.74, 6) is 3.12. The van der Waals surface area contributed by atoms with Gasteiger partial charge < -0.3 is 4.90 Å². The molecule has 0 N–H and O–H groups in total. The highest BCUT2D eigenvalue weighted by atomic mass is 15.4. The van der Waals surface area contributed by atoms with Crippen molar-refractivity contribution >= 4 is 11.5 Å². The molecule has 0 aromatic carbocycles. The van der Waals surface area contributed by atoms with Crippen LogP contribution in [0.4, 0.5) is 5.82 Å². The van der Waals surface area contributed by atoms with Crippen molar-refractivity contribution < 1.29 is 0 Å². The summed E-state index contributed by atoms with van der Waals surface area (Å²) in [6.07, 6.45) is 5.47. The first-order valence-corrected chi connectivity index (χ1v) is 11.2. The molecule has 7 nitrogen and oxygen atoms in total. The molecule has 0 bridgehead atoms. The fraction of sp³-hybridized carbons (Fsp3) is 0.609. The zero-order valence-corrected chi connectivity index (χ0v) is 18.5. The number of anilines is 1. The van der Waals surface area contributed by atoms with Crippen molar-refractivity contribution in [2.75, 3.05) is 18.0 Å². The molecule has 1 unspecified atom stereocenters. The Hall–Kier alpha value is -2.57. The van der Waals surface area contributed by atoms with Crippen LogP contribution in [0, 0.1) is 5.92 Å².